The first kappa shape index (κ1) is 17.9. The molecule has 4 N–H and O–H groups in total. The Kier molecular flexibility index (Phi) is 8.69. The Morgan fingerprint density at radius 1 is 0.800 bits per heavy atom. The second-order valence-electron chi connectivity index (χ2n) is 6.52. The molecule has 4 heteroatoms. The molecule has 0 aliphatic heterocycles. The van der Waals surface area contributed by atoms with Gasteiger partial charge in [-0.1, -0.05) is 38.5 Å². The molecule has 2 aliphatic carbocycles. The van der Waals surface area contributed by atoms with Gasteiger partial charge in [0.1, 0.15) is 0 Å². The molecule has 2 rings (SSSR count). The quantitative estimate of drug-likeness (QED) is 0.636. The Bertz CT molecular complexity index is 227. The molecule has 2 saturated carbocycles. The number of aliphatic hydroxyl groups is 4. The summed E-state index contributed by atoms with van der Waals surface area (Å²) < 4.78 is 0. The van der Waals surface area contributed by atoms with Crippen LogP contribution < -0.4 is 0 Å². The summed E-state index contributed by atoms with van der Waals surface area (Å²) in [7, 11) is 0. The van der Waals surface area contributed by atoms with Gasteiger partial charge in [0.2, 0.25) is 0 Å². The standard InChI is InChI=1S/2C8H16O2/c9-6-8(7-10)4-2-1-3-5-8;9-6-8(10)7-4-2-1-3-5-7/h9-10H,1-7H2;7-10H,1-6H2. The second kappa shape index (κ2) is 9.72. The monoisotopic (exact) mass is 288 g/mol. The summed E-state index contributed by atoms with van der Waals surface area (Å²) in [6.45, 7) is 0.248. The zero-order valence-corrected chi connectivity index (χ0v) is 12.6. The van der Waals surface area contributed by atoms with Crippen molar-refractivity contribution < 1.29 is 20.4 Å². The average molecular weight is 288 g/mol. The van der Waals surface area contributed by atoms with Crippen molar-refractivity contribution in [3.63, 3.8) is 0 Å². The molecule has 0 saturated heterocycles. The molecule has 0 radical (unpaired) electrons. The van der Waals surface area contributed by atoms with Gasteiger partial charge in [0.15, 0.2) is 0 Å². The van der Waals surface area contributed by atoms with E-state index >= 15 is 0 Å². The fourth-order valence-electron chi connectivity index (χ4n) is 3.34. The number of rotatable bonds is 4. The topological polar surface area (TPSA) is 80.9 Å². The van der Waals surface area contributed by atoms with Crippen LogP contribution >= 0.6 is 0 Å². The fourth-order valence-corrected chi connectivity index (χ4v) is 3.34. The molecule has 2 aliphatic rings. The van der Waals surface area contributed by atoms with E-state index in [4.69, 9.17) is 15.3 Å². The summed E-state index contributed by atoms with van der Waals surface area (Å²) in [6.07, 6.45) is 11.1. The molecular formula is C16H32O4. The predicted molar refractivity (Wildman–Crippen MR) is 79.4 cm³/mol. The first-order valence-electron chi connectivity index (χ1n) is 8.18. The predicted octanol–water partition coefficient (Wildman–Crippen LogP) is 1.84. The van der Waals surface area contributed by atoms with Crippen molar-refractivity contribution in [2.75, 3.05) is 19.8 Å². The Morgan fingerprint density at radius 3 is 1.70 bits per heavy atom. The van der Waals surface area contributed by atoms with Gasteiger partial charge in [-0.05, 0) is 31.6 Å². The van der Waals surface area contributed by atoms with E-state index in [1.54, 1.807) is 0 Å². The normalized spacial score (nSPS) is 24.6. The highest BCUT2D eigenvalue weighted by Gasteiger charge is 2.30. The van der Waals surface area contributed by atoms with Gasteiger partial charge in [-0.3, -0.25) is 0 Å². The highest BCUT2D eigenvalue weighted by molar-refractivity contribution is 4.81. The van der Waals surface area contributed by atoms with E-state index in [0.29, 0.717) is 5.92 Å². The fraction of sp³-hybridized carbons (Fsp3) is 1.00. The van der Waals surface area contributed by atoms with Gasteiger partial charge in [-0.15, -0.1) is 0 Å². The average Bonchev–Trinajstić information content (AvgIpc) is 2.56. The SMILES string of the molecule is OCC(O)C1CCCCC1.OCC1(CO)CCCCC1. The lowest BCUT2D eigenvalue weighted by Crippen LogP contribution is -2.31. The second-order valence-corrected chi connectivity index (χ2v) is 6.52. The highest BCUT2D eigenvalue weighted by Crippen LogP contribution is 2.34. The van der Waals surface area contributed by atoms with Crippen LogP contribution in [0.4, 0.5) is 0 Å². The van der Waals surface area contributed by atoms with Gasteiger partial charge >= 0.3 is 0 Å². The van der Waals surface area contributed by atoms with Crippen LogP contribution in [0.1, 0.15) is 64.2 Å². The maximum Gasteiger partial charge on any atom is 0.0799 e. The maximum absolute atomic E-state index is 9.23. The van der Waals surface area contributed by atoms with Gasteiger partial charge < -0.3 is 20.4 Å². The molecule has 1 unspecified atom stereocenters. The van der Waals surface area contributed by atoms with Crippen molar-refractivity contribution in [2.45, 2.75) is 70.3 Å². The lowest BCUT2D eigenvalue weighted by atomic mass is 9.75. The van der Waals surface area contributed by atoms with Crippen LogP contribution in [0.5, 0.6) is 0 Å². The van der Waals surface area contributed by atoms with E-state index in [9.17, 15) is 5.11 Å². The van der Waals surface area contributed by atoms with Gasteiger partial charge in [0.05, 0.1) is 25.9 Å². The van der Waals surface area contributed by atoms with E-state index < -0.39 is 6.10 Å². The number of hydrogen-bond acceptors (Lipinski definition) is 4. The lowest BCUT2D eigenvalue weighted by Gasteiger charge is -2.33. The molecule has 0 spiro atoms. The molecule has 0 amide bonds. The Labute approximate surface area is 122 Å². The highest BCUT2D eigenvalue weighted by atomic mass is 16.3. The number of aliphatic hydroxyl groups excluding tert-OH is 4. The third-order valence-corrected chi connectivity index (χ3v) is 4.97. The largest absolute Gasteiger partial charge is 0.396 e. The molecule has 20 heavy (non-hydrogen) atoms. The third-order valence-electron chi connectivity index (χ3n) is 4.97. The molecule has 120 valence electrons. The summed E-state index contributed by atoms with van der Waals surface area (Å²) in [6, 6.07) is 0. The van der Waals surface area contributed by atoms with Gasteiger partial charge in [0.25, 0.3) is 0 Å². The van der Waals surface area contributed by atoms with Crippen molar-refractivity contribution in [2.24, 2.45) is 11.3 Å². The molecule has 1 atom stereocenters. The Morgan fingerprint density at radius 2 is 1.30 bits per heavy atom. The molecule has 0 bridgehead atoms. The molecule has 0 aromatic carbocycles. The lowest BCUT2D eigenvalue weighted by molar-refractivity contribution is 0.0234. The minimum atomic E-state index is -0.458. The summed E-state index contributed by atoms with van der Waals surface area (Å²) >= 11 is 0. The zero-order chi connectivity index (χ0) is 14.8. The van der Waals surface area contributed by atoms with Crippen molar-refractivity contribution in [3.8, 4) is 0 Å². The minimum absolute atomic E-state index is 0.0648. The van der Waals surface area contributed by atoms with Crippen LogP contribution in [-0.2, 0) is 0 Å². The molecule has 0 aromatic rings. The van der Waals surface area contributed by atoms with Crippen molar-refractivity contribution in [1.82, 2.24) is 0 Å². The van der Waals surface area contributed by atoms with Crippen LogP contribution in [0.15, 0.2) is 0 Å². The first-order chi connectivity index (χ1) is 9.67. The van der Waals surface area contributed by atoms with Crippen LogP contribution in [0.3, 0.4) is 0 Å². The van der Waals surface area contributed by atoms with Crippen LogP contribution in [-0.4, -0.2) is 46.4 Å². The van der Waals surface area contributed by atoms with Crippen LogP contribution in [0.2, 0.25) is 0 Å². The number of hydrogen-bond donors (Lipinski definition) is 4. The summed E-state index contributed by atoms with van der Waals surface area (Å²) in [5.74, 6) is 0.374. The molecular weight excluding hydrogens is 256 g/mol. The van der Waals surface area contributed by atoms with E-state index in [-0.39, 0.29) is 25.2 Å². The van der Waals surface area contributed by atoms with E-state index in [1.807, 2.05) is 0 Å². The molecule has 0 heterocycles. The summed E-state index contributed by atoms with van der Waals surface area (Å²) in [5.41, 5.74) is -0.127. The van der Waals surface area contributed by atoms with E-state index in [0.717, 1.165) is 25.7 Å². The van der Waals surface area contributed by atoms with Gasteiger partial charge in [0, 0.05) is 5.41 Å². The molecule has 2 fully saturated rings. The van der Waals surface area contributed by atoms with Crippen molar-refractivity contribution in [1.29, 1.82) is 0 Å². The minimum Gasteiger partial charge on any atom is -0.396 e. The molecule has 0 aromatic heterocycles. The van der Waals surface area contributed by atoms with Crippen LogP contribution in [0.25, 0.3) is 0 Å². The van der Waals surface area contributed by atoms with Crippen LogP contribution in [0, 0.1) is 11.3 Å². The Hall–Kier alpha value is -0.160. The summed E-state index contributed by atoms with van der Waals surface area (Å²) in [5, 5.41) is 35.8. The van der Waals surface area contributed by atoms with Gasteiger partial charge in [-0.2, -0.15) is 0 Å². The smallest absolute Gasteiger partial charge is 0.0799 e. The Balaban J connectivity index is 0.000000200. The van der Waals surface area contributed by atoms with Crippen molar-refractivity contribution in [3.05, 3.63) is 0 Å². The maximum atomic E-state index is 9.23. The third kappa shape index (κ3) is 5.68. The van der Waals surface area contributed by atoms with Crippen molar-refractivity contribution >= 4 is 0 Å². The van der Waals surface area contributed by atoms with E-state index in [2.05, 4.69) is 0 Å². The summed E-state index contributed by atoms with van der Waals surface area (Å²) in [4.78, 5) is 0. The van der Waals surface area contributed by atoms with E-state index in [1.165, 1.54) is 38.5 Å². The first-order valence-corrected chi connectivity index (χ1v) is 8.18. The zero-order valence-electron chi connectivity index (χ0n) is 12.6. The molecule has 4 nitrogen and oxygen atoms in total. The van der Waals surface area contributed by atoms with Gasteiger partial charge in [-0.25, -0.2) is 0 Å².